The molecule has 1 rings (SSSR count). The highest BCUT2D eigenvalue weighted by Gasteiger charge is 2.15. The minimum absolute atomic E-state index is 0.0684. The van der Waals surface area contributed by atoms with Crippen molar-refractivity contribution in [1.29, 1.82) is 5.26 Å². The third-order valence-electron chi connectivity index (χ3n) is 2.87. The van der Waals surface area contributed by atoms with E-state index in [4.69, 9.17) is 5.26 Å². The van der Waals surface area contributed by atoms with Crippen molar-refractivity contribution < 1.29 is 4.79 Å². The molecule has 2 N–H and O–H groups in total. The Kier molecular flexibility index (Phi) is 5.84. The SMILES string of the molecule is CCC(C)NC(=O)C(C)Nc1ccc(Br)cc1C#N. The second-order valence-corrected chi connectivity index (χ2v) is 5.40. The number of rotatable bonds is 5. The first-order chi connectivity index (χ1) is 8.97. The Morgan fingerprint density at radius 2 is 2.16 bits per heavy atom. The molecule has 0 spiro atoms. The summed E-state index contributed by atoms with van der Waals surface area (Å²) in [5, 5.41) is 15.0. The number of hydrogen-bond acceptors (Lipinski definition) is 3. The average molecular weight is 324 g/mol. The molecule has 0 aliphatic heterocycles. The average Bonchev–Trinajstić information content (AvgIpc) is 2.40. The molecule has 0 radical (unpaired) electrons. The number of nitrogens with one attached hydrogen (secondary N) is 2. The lowest BCUT2D eigenvalue weighted by atomic mass is 10.1. The zero-order valence-electron chi connectivity index (χ0n) is 11.3. The summed E-state index contributed by atoms with van der Waals surface area (Å²) in [5.41, 5.74) is 1.18. The van der Waals surface area contributed by atoms with E-state index in [-0.39, 0.29) is 18.0 Å². The molecule has 102 valence electrons. The highest BCUT2D eigenvalue weighted by molar-refractivity contribution is 9.10. The zero-order valence-corrected chi connectivity index (χ0v) is 12.9. The van der Waals surface area contributed by atoms with Crippen molar-refractivity contribution in [3.8, 4) is 6.07 Å². The van der Waals surface area contributed by atoms with Crippen LogP contribution in [0.3, 0.4) is 0 Å². The van der Waals surface area contributed by atoms with E-state index in [0.717, 1.165) is 10.9 Å². The highest BCUT2D eigenvalue weighted by Crippen LogP contribution is 2.20. The van der Waals surface area contributed by atoms with Crippen LogP contribution < -0.4 is 10.6 Å². The first-order valence-electron chi connectivity index (χ1n) is 6.24. The van der Waals surface area contributed by atoms with Crippen molar-refractivity contribution in [3.05, 3.63) is 28.2 Å². The summed E-state index contributed by atoms with van der Waals surface area (Å²) in [6.45, 7) is 5.76. The second-order valence-electron chi connectivity index (χ2n) is 4.49. The van der Waals surface area contributed by atoms with Crippen LogP contribution in [0.2, 0.25) is 0 Å². The summed E-state index contributed by atoms with van der Waals surface area (Å²) < 4.78 is 0.839. The van der Waals surface area contributed by atoms with Crippen molar-refractivity contribution in [2.75, 3.05) is 5.32 Å². The summed E-state index contributed by atoms with van der Waals surface area (Å²) in [6.07, 6.45) is 0.889. The van der Waals surface area contributed by atoms with Crippen LogP contribution in [0.4, 0.5) is 5.69 Å². The Bertz CT molecular complexity index is 496. The molecule has 0 aliphatic rings. The molecule has 0 fully saturated rings. The normalized spacial score (nSPS) is 13.2. The fourth-order valence-electron chi connectivity index (χ4n) is 1.50. The summed E-state index contributed by atoms with van der Waals surface area (Å²) in [7, 11) is 0. The van der Waals surface area contributed by atoms with Crippen LogP contribution in [-0.4, -0.2) is 18.0 Å². The maximum absolute atomic E-state index is 11.9. The van der Waals surface area contributed by atoms with E-state index in [1.165, 1.54) is 0 Å². The molecule has 0 saturated carbocycles. The molecular formula is C14H18BrN3O. The van der Waals surface area contributed by atoms with Gasteiger partial charge in [0.15, 0.2) is 0 Å². The maximum Gasteiger partial charge on any atom is 0.242 e. The Morgan fingerprint density at radius 3 is 2.74 bits per heavy atom. The summed E-state index contributed by atoms with van der Waals surface area (Å²) in [5.74, 6) is -0.0684. The second kappa shape index (κ2) is 7.15. The van der Waals surface area contributed by atoms with Crippen molar-refractivity contribution in [2.24, 2.45) is 0 Å². The predicted molar refractivity (Wildman–Crippen MR) is 79.8 cm³/mol. The van der Waals surface area contributed by atoms with Crippen LogP contribution in [0.5, 0.6) is 0 Å². The van der Waals surface area contributed by atoms with Gasteiger partial charge in [0.05, 0.1) is 11.3 Å². The minimum atomic E-state index is -0.387. The molecule has 0 bridgehead atoms. The quantitative estimate of drug-likeness (QED) is 0.875. The van der Waals surface area contributed by atoms with Crippen LogP contribution in [0, 0.1) is 11.3 Å². The monoisotopic (exact) mass is 323 g/mol. The topological polar surface area (TPSA) is 64.9 Å². The molecule has 0 aliphatic carbocycles. The lowest BCUT2D eigenvalue weighted by molar-refractivity contribution is -0.122. The standard InChI is InChI=1S/C14H18BrN3O/c1-4-9(2)17-14(19)10(3)18-13-6-5-12(15)7-11(13)8-16/h5-7,9-10,18H,4H2,1-3H3,(H,17,19). The van der Waals surface area contributed by atoms with E-state index in [2.05, 4.69) is 32.6 Å². The summed E-state index contributed by atoms with van der Waals surface area (Å²) >= 11 is 3.32. The summed E-state index contributed by atoms with van der Waals surface area (Å²) in [4.78, 5) is 11.9. The van der Waals surface area contributed by atoms with Crippen LogP contribution >= 0.6 is 15.9 Å². The Morgan fingerprint density at radius 1 is 1.47 bits per heavy atom. The van der Waals surface area contributed by atoms with Crippen LogP contribution in [0.25, 0.3) is 0 Å². The van der Waals surface area contributed by atoms with Crippen molar-refractivity contribution in [3.63, 3.8) is 0 Å². The van der Waals surface area contributed by atoms with Gasteiger partial charge in [0.25, 0.3) is 0 Å². The fourth-order valence-corrected chi connectivity index (χ4v) is 1.86. The minimum Gasteiger partial charge on any atom is -0.373 e. The number of nitriles is 1. The summed E-state index contributed by atoms with van der Waals surface area (Å²) in [6, 6.07) is 7.22. The van der Waals surface area contributed by atoms with Gasteiger partial charge in [0.1, 0.15) is 12.1 Å². The van der Waals surface area contributed by atoms with Gasteiger partial charge in [-0.05, 0) is 38.5 Å². The van der Waals surface area contributed by atoms with Gasteiger partial charge in [-0.1, -0.05) is 22.9 Å². The third-order valence-corrected chi connectivity index (χ3v) is 3.36. The molecule has 4 nitrogen and oxygen atoms in total. The number of anilines is 1. The number of amides is 1. The van der Waals surface area contributed by atoms with Gasteiger partial charge < -0.3 is 10.6 Å². The number of halogens is 1. The smallest absolute Gasteiger partial charge is 0.242 e. The Labute approximate surface area is 122 Å². The third kappa shape index (κ3) is 4.56. The van der Waals surface area contributed by atoms with E-state index >= 15 is 0 Å². The van der Waals surface area contributed by atoms with E-state index in [1.807, 2.05) is 19.9 Å². The van der Waals surface area contributed by atoms with Crippen molar-refractivity contribution in [1.82, 2.24) is 5.32 Å². The molecule has 1 amide bonds. The van der Waals surface area contributed by atoms with Gasteiger partial charge in [0, 0.05) is 10.5 Å². The zero-order chi connectivity index (χ0) is 14.4. The molecule has 1 aromatic rings. The van der Waals surface area contributed by atoms with Gasteiger partial charge >= 0.3 is 0 Å². The van der Waals surface area contributed by atoms with Crippen LogP contribution in [0.15, 0.2) is 22.7 Å². The fraction of sp³-hybridized carbons (Fsp3) is 0.429. The maximum atomic E-state index is 11.9. The molecule has 0 aromatic heterocycles. The van der Waals surface area contributed by atoms with Gasteiger partial charge in [0.2, 0.25) is 5.91 Å². The number of carbonyl (C=O) groups excluding carboxylic acids is 1. The van der Waals surface area contributed by atoms with Crippen molar-refractivity contribution >= 4 is 27.5 Å². The van der Waals surface area contributed by atoms with E-state index < -0.39 is 0 Å². The largest absolute Gasteiger partial charge is 0.373 e. The molecule has 0 heterocycles. The molecular weight excluding hydrogens is 306 g/mol. The van der Waals surface area contributed by atoms with E-state index in [1.54, 1.807) is 19.1 Å². The van der Waals surface area contributed by atoms with E-state index in [9.17, 15) is 4.79 Å². The Balaban J connectivity index is 2.74. The highest BCUT2D eigenvalue weighted by atomic mass is 79.9. The van der Waals surface area contributed by atoms with Crippen LogP contribution in [-0.2, 0) is 4.79 Å². The molecule has 5 heteroatoms. The van der Waals surface area contributed by atoms with Gasteiger partial charge in [-0.25, -0.2) is 0 Å². The number of carbonyl (C=O) groups is 1. The first kappa shape index (κ1) is 15.5. The van der Waals surface area contributed by atoms with Gasteiger partial charge in [-0.2, -0.15) is 5.26 Å². The Hall–Kier alpha value is -1.54. The number of nitrogens with zero attached hydrogens (tertiary/aromatic N) is 1. The van der Waals surface area contributed by atoms with Gasteiger partial charge in [-0.15, -0.1) is 0 Å². The first-order valence-corrected chi connectivity index (χ1v) is 7.03. The predicted octanol–water partition coefficient (Wildman–Crippen LogP) is 3.04. The lowest BCUT2D eigenvalue weighted by Gasteiger charge is -2.19. The molecule has 2 atom stereocenters. The van der Waals surface area contributed by atoms with E-state index in [0.29, 0.717) is 11.3 Å². The molecule has 0 saturated heterocycles. The lowest BCUT2D eigenvalue weighted by Crippen LogP contribution is -2.41. The van der Waals surface area contributed by atoms with Crippen molar-refractivity contribution in [2.45, 2.75) is 39.3 Å². The number of hydrogen-bond donors (Lipinski definition) is 2. The number of benzene rings is 1. The van der Waals surface area contributed by atoms with Crippen LogP contribution in [0.1, 0.15) is 32.8 Å². The molecule has 19 heavy (non-hydrogen) atoms. The molecule has 1 aromatic carbocycles. The molecule has 2 unspecified atom stereocenters. The van der Waals surface area contributed by atoms with Gasteiger partial charge in [-0.3, -0.25) is 4.79 Å².